The van der Waals surface area contributed by atoms with Crippen LogP contribution in [-0.4, -0.2) is 59.3 Å². The standard InChI is InChI=1S/C34H45Cl2O7P/c1-33(2,3)25-17-23(35)19-29(31(25)42-21-40-15-13-38-7)44(28-12-10-9-11-27(28)37)30-20-24(36)18-26(34(4,5)6)32(30)43-22-41-16-14-39-8/h9-12,17-20,37H,13-16,21-22H2,1-8H3. The zero-order chi connectivity index (χ0) is 32.5. The Bertz CT molecular complexity index is 1290. The minimum Gasteiger partial charge on any atom is -0.507 e. The van der Waals surface area contributed by atoms with Gasteiger partial charge in [-0.25, -0.2) is 0 Å². The molecule has 3 aromatic carbocycles. The molecule has 0 saturated carbocycles. The van der Waals surface area contributed by atoms with Gasteiger partial charge in [0.25, 0.3) is 0 Å². The van der Waals surface area contributed by atoms with E-state index in [1.54, 1.807) is 26.4 Å². The maximum atomic E-state index is 11.3. The number of hydrogen-bond acceptors (Lipinski definition) is 7. The molecule has 0 unspecified atom stereocenters. The molecular weight excluding hydrogens is 622 g/mol. The molecule has 0 aliphatic carbocycles. The Morgan fingerprint density at radius 3 is 1.45 bits per heavy atom. The lowest BCUT2D eigenvalue weighted by molar-refractivity contribution is -0.00870. The zero-order valence-electron chi connectivity index (χ0n) is 27.0. The second-order valence-electron chi connectivity index (χ2n) is 12.3. The van der Waals surface area contributed by atoms with Gasteiger partial charge in [-0.1, -0.05) is 82.9 Å². The third-order valence-corrected chi connectivity index (χ3v) is 9.65. The first-order chi connectivity index (χ1) is 20.8. The summed E-state index contributed by atoms with van der Waals surface area (Å²) < 4.78 is 34.6. The molecule has 10 heteroatoms. The fraction of sp³-hybridized carbons (Fsp3) is 0.471. The van der Waals surface area contributed by atoms with Crippen molar-refractivity contribution in [3.8, 4) is 17.2 Å². The van der Waals surface area contributed by atoms with Crippen LogP contribution < -0.4 is 25.4 Å². The average Bonchev–Trinajstić information content (AvgIpc) is 2.94. The van der Waals surface area contributed by atoms with Crippen LogP contribution >= 0.6 is 31.1 Å². The number of rotatable bonds is 15. The number of hydrogen-bond donors (Lipinski definition) is 1. The van der Waals surface area contributed by atoms with Crippen molar-refractivity contribution in [3.05, 3.63) is 69.7 Å². The number of para-hydroxylation sites is 1. The van der Waals surface area contributed by atoms with E-state index in [2.05, 4.69) is 41.5 Å². The van der Waals surface area contributed by atoms with E-state index in [0.717, 1.165) is 21.7 Å². The number of phenolic OH excluding ortho intramolecular Hbond substituents is 1. The zero-order valence-corrected chi connectivity index (χ0v) is 29.4. The molecule has 3 aromatic rings. The fourth-order valence-corrected chi connectivity index (χ4v) is 7.77. The fourth-order valence-electron chi connectivity index (χ4n) is 4.55. The molecule has 242 valence electrons. The Balaban J connectivity index is 2.36. The molecule has 3 rings (SSSR count). The van der Waals surface area contributed by atoms with E-state index in [1.165, 1.54) is 0 Å². The van der Waals surface area contributed by atoms with Crippen molar-refractivity contribution < 1.29 is 33.5 Å². The molecule has 0 amide bonds. The van der Waals surface area contributed by atoms with Crippen molar-refractivity contribution in [2.24, 2.45) is 0 Å². The van der Waals surface area contributed by atoms with Crippen LogP contribution in [0.5, 0.6) is 17.2 Å². The highest BCUT2D eigenvalue weighted by atomic mass is 35.5. The van der Waals surface area contributed by atoms with E-state index in [-0.39, 0.29) is 30.2 Å². The second kappa shape index (κ2) is 16.5. The van der Waals surface area contributed by atoms with Gasteiger partial charge in [0.05, 0.1) is 26.4 Å². The maximum absolute atomic E-state index is 11.3. The summed E-state index contributed by atoms with van der Waals surface area (Å²) >= 11 is 13.7. The van der Waals surface area contributed by atoms with Crippen molar-refractivity contribution in [1.82, 2.24) is 0 Å². The molecule has 0 spiro atoms. The molecule has 7 nitrogen and oxygen atoms in total. The van der Waals surface area contributed by atoms with E-state index >= 15 is 0 Å². The van der Waals surface area contributed by atoms with Gasteiger partial charge in [-0.2, -0.15) is 0 Å². The van der Waals surface area contributed by atoms with Crippen LogP contribution in [0.1, 0.15) is 52.7 Å². The van der Waals surface area contributed by atoms with E-state index in [9.17, 15) is 5.11 Å². The minimum atomic E-state index is -1.55. The molecule has 0 bridgehead atoms. The lowest BCUT2D eigenvalue weighted by atomic mass is 9.86. The highest BCUT2D eigenvalue weighted by molar-refractivity contribution is 7.80. The summed E-state index contributed by atoms with van der Waals surface area (Å²) in [5.74, 6) is 1.40. The number of halogens is 2. The molecule has 0 aliphatic heterocycles. The first kappa shape index (κ1) is 36.4. The van der Waals surface area contributed by atoms with Crippen molar-refractivity contribution in [1.29, 1.82) is 0 Å². The van der Waals surface area contributed by atoms with Crippen LogP contribution in [0.25, 0.3) is 0 Å². The van der Waals surface area contributed by atoms with Crippen LogP contribution in [0.3, 0.4) is 0 Å². The van der Waals surface area contributed by atoms with Gasteiger partial charge in [0.2, 0.25) is 0 Å². The van der Waals surface area contributed by atoms with E-state index in [0.29, 0.717) is 53.3 Å². The van der Waals surface area contributed by atoms with Gasteiger partial charge in [-0.05, 0) is 49.1 Å². The molecular formula is C34H45Cl2O7P. The Hall–Kier alpha value is -2.09. The van der Waals surface area contributed by atoms with Crippen LogP contribution in [0.2, 0.25) is 10.0 Å². The minimum absolute atomic E-state index is 0.00447. The molecule has 0 atom stereocenters. The number of phenols is 1. The Kier molecular flexibility index (Phi) is 13.6. The van der Waals surface area contributed by atoms with Gasteiger partial charge in [-0.3, -0.25) is 0 Å². The summed E-state index contributed by atoms with van der Waals surface area (Å²) in [7, 11) is 1.69. The van der Waals surface area contributed by atoms with Crippen LogP contribution in [0.15, 0.2) is 48.5 Å². The van der Waals surface area contributed by atoms with Crippen LogP contribution in [0, 0.1) is 0 Å². The Morgan fingerprint density at radius 1 is 0.636 bits per heavy atom. The Morgan fingerprint density at radius 2 is 1.07 bits per heavy atom. The van der Waals surface area contributed by atoms with E-state index in [4.69, 9.17) is 51.6 Å². The molecule has 1 N–H and O–H groups in total. The van der Waals surface area contributed by atoms with Crippen LogP contribution in [-0.2, 0) is 29.8 Å². The summed E-state index contributed by atoms with van der Waals surface area (Å²) in [5.41, 5.74) is 1.14. The van der Waals surface area contributed by atoms with E-state index < -0.39 is 7.92 Å². The highest BCUT2D eigenvalue weighted by Crippen LogP contribution is 2.48. The quantitative estimate of drug-likeness (QED) is 0.106. The van der Waals surface area contributed by atoms with Crippen molar-refractivity contribution in [3.63, 3.8) is 0 Å². The lowest BCUT2D eigenvalue weighted by Crippen LogP contribution is -2.29. The lowest BCUT2D eigenvalue weighted by Gasteiger charge is -2.31. The van der Waals surface area contributed by atoms with Crippen molar-refractivity contribution in [2.45, 2.75) is 52.4 Å². The molecule has 44 heavy (non-hydrogen) atoms. The first-order valence-electron chi connectivity index (χ1n) is 14.4. The monoisotopic (exact) mass is 666 g/mol. The molecule has 0 aliphatic rings. The third kappa shape index (κ3) is 9.70. The van der Waals surface area contributed by atoms with Gasteiger partial charge in [-0.15, -0.1) is 0 Å². The molecule has 0 heterocycles. The van der Waals surface area contributed by atoms with Crippen molar-refractivity contribution in [2.75, 3.05) is 54.2 Å². The van der Waals surface area contributed by atoms with Gasteiger partial charge >= 0.3 is 0 Å². The number of methoxy groups -OCH3 is 2. The SMILES string of the molecule is COCCOCOc1c(P(c2ccccc2O)c2cc(Cl)cc(C(C)(C)C)c2OCOCCOC)cc(Cl)cc1C(C)(C)C. The Labute approximate surface area is 273 Å². The van der Waals surface area contributed by atoms with Gasteiger partial charge < -0.3 is 33.5 Å². The van der Waals surface area contributed by atoms with E-state index in [1.807, 2.05) is 36.4 Å². The van der Waals surface area contributed by atoms with Gasteiger partial charge in [0.15, 0.2) is 13.6 Å². The third-order valence-electron chi connectivity index (χ3n) is 6.73. The summed E-state index contributed by atoms with van der Waals surface area (Å²) in [4.78, 5) is 0. The molecule has 0 fully saturated rings. The molecule has 0 aromatic heterocycles. The predicted octanol–water partition coefficient (Wildman–Crippen LogP) is 7.05. The summed E-state index contributed by atoms with van der Waals surface area (Å²) in [5, 5.41) is 14.7. The molecule has 0 radical (unpaired) electrons. The first-order valence-corrected chi connectivity index (χ1v) is 16.5. The average molecular weight is 668 g/mol. The number of benzene rings is 3. The summed E-state index contributed by atoms with van der Waals surface area (Å²) in [6.45, 7) is 14.3. The largest absolute Gasteiger partial charge is 0.507 e. The summed E-state index contributed by atoms with van der Waals surface area (Å²) in [6, 6.07) is 14.9. The molecule has 0 saturated heterocycles. The van der Waals surface area contributed by atoms with Gasteiger partial charge in [0.1, 0.15) is 17.2 Å². The smallest absolute Gasteiger partial charge is 0.189 e. The van der Waals surface area contributed by atoms with Crippen LogP contribution in [0.4, 0.5) is 0 Å². The van der Waals surface area contributed by atoms with Gasteiger partial charge in [0, 0.05) is 51.3 Å². The number of ether oxygens (including phenoxy) is 6. The van der Waals surface area contributed by atoms with Crippen molar-refractivity contribution >= 4 is 47.0 Å². The number of aromatic hydroxyl groups is 1. The topological polar surface area (TPSA) is 75.6 Å². The summed E-state index contributed by atoms with van der Waals surface area (Å²) in [6.07, 6.45) is 0. The normalized spacial score (nSPS) is 12.2. The predicted molar refractivity (Wildman–Crippen MR) is 181 cm³/mol. The maximum Gasteiger partial charge on any atom is 0.189 e. The second-order valence-corrected chi connectivity index (χ2v) is 15.2. The highest BCUT2D eigenvalue weighted by Gasteiger charge is 2.33.